The maximum Gasteiger partial charge on any atom is 0.309 e. The lowest BCUT2D eigenvalue weighted by Gasteiger charge is -1.99. The molecule has 0 fully saturated rings. The summed E-state index contributed by atoms with van der Waals surface area (Å²) >= 11 is 0. The minimum absolute atomic E-state index is 0.0872. The van der Waals surface area contributed by atoms with Gasteiger partial charge < -0.3 is 10.2 Å². The molecule has 0 spiro atoms. The highest BCUT2D eigenvalue weighted by atomic mass is 16.4. The molecule has 4 heteroatoms. The molecule has 0 unspecified atom stereocenters. The molecule has 64 valence electrons. The van der Waals surface area contributed by atoms with Crippen LogP contribution in [0.3, 0.4) is 0 Å². The average molecular weight is 167 g/mol. The number of aromatic hydroxyl groups is 1. The molecule has 0 aromatic carbocycles. The number of carbonyl (C=O) groups is 1. The van der Waals surface area contributed by atoms with Crippen molar-refractivity contribution in [1.82, 2.24) is 4.98 Å². The molecule has 1 aromatic heterocycles. The third kappa shape index (κ3) is 1.95. The fourth-order valence-corrected chi connectivity index (χ4v) is 0.859. The van der Waals surface area contributed by atoms with Crippen molar-refractivity contribution in [2.75, 3.05) is 0 Å². The Hall–Kier alpha value is -1.58. The predicted octanol–water partition coefficient (Wildman–Crippen LogP) is 0.723. The number of carboxylic acid groups (broad SMARTS) is 1. The second kappa shape index (κ2) is 3.21. The van der Waals surface area contributed by atoms with E-state index in [0.717, 1.165) is 0 Å². The van der Waals surface area contributed by atoms with Crippen molar-refractivity contribution in [2.45, 2.75) is 13.3 Å². The fraction of sp³-hybridized carbons (Fsp3) is 0.250. The Morgan fingerprint density at radius 2 is 2.33 bits per heavy atom. The maximum atomic E-state index is 10.3. The summed E-state index contributed by atoms with van der Waals surface area (Å²) in [4.78, 5) is 14.0. The van der Waals surface area contributed by atoms with Gasteiger partial charge in [0.15, 0.2) is 0 Å². The molecular formula is C8H9NO3. The van der Waals surface area contributed by atoms with E-state index in [1.54, 1.807) is 13.0 Å². The summed E-state index contributed by atoms with van der Waals surface area (Å²) in [5, 5.41) is 17.5. The predicted molar refractivity (Wildman–Crippen MR) is 42.0 cm³/mol. The monoisotopic (exact) mass is 167 g/mol. The van der Waals surface area contributed by atoms with Crippen molar-refractivity contribution in [2.24, 2.45) is 0 Å². The van der Waals surface area contributed by atoms with Gasteiger partial charge >= 0.3 is 5.97 Å². The van der Waals surface area contributed by atoms with Crippen LogP contribution in [0.25, 0.3) is 0 Å². The summed E-state index contributed by atoms with van der Waals surface area (Å²) in [7, 11) is 0. The van der Waals surface area contributed by atoms with E-state index in [4.69, 9.17) is 10.2 Å². The Morgan fingerprint density at radius 1 is 1.67 bits per heavy atom. The van der Waals surface area contributed by atoms with Gasteiger partial charge in [0.2, 0.25) is 0 Å². The van der Waals surface area contributed by atoms with Crippen molar-refractivity contribution in [3.8, 4) is 5.75 Å². The van der Waals surface area contributed by atoms with E-state index in [1.807, 2.05) is 0 Å². The Bertz CT molecular complexity index is 309. The van der Waals surface area contributed by atoms with Crippen molar-refractivity contribution >= 4 is 5.97 Å². The summed E-state index contributed by atoms with van der Waals surface area (Å²) < 4.78 is 0. The Labute approximate surface area is 69.5 Å². The summed E-state index contributed by atoms with van der Waals surface area (Å²) in [5.41, 5.74) is 1.10. The molecule has 1 rings (SSSR count). The van der Waals surface area contributed by atoms with Gasteiger partial charge in [-0.3, -0.25) is 9.78 Å². The van der Waals surface area contributed by atoms with Gasteiger partial charge in [0.25, 0.3) is 0 Å². The van der Waals surface area contributed by atoms with Gasteiger partial charge in [-0.1, -0.05) is 0 Å². The molecule has 0 aliphatic carbocycles. The zero-order valence-corrected chi connectivity index (χ0v) is 6.61. The molecule has 0 amide bonds. The molecule has 12 heavy (non-hydrogen) atoms. The molecule has 0 atom stereocenters. The zero-order chi connectivity index (χ0) is 9.14. The first-order valence-electron chi connectivity index (χ1n) is 3.46. The van der Waals surface area contributed by atoms with Gasteiger partial charge in [0.05, 0.1) is 18.3 Å². The SMILES string of the molecule is Cc1cc(CC(=O)O)ncc1O. The van der Waals surface area contributed by atoms with Crippen LogP contribution in [0.4, 0.5) is 0 Å². The number of hydrogen-bond donors (Lipinski definition) is 2. The number of rotatable bonds is 2. The first-order valence-corrected chi connectivity index (χ1v) is 3.46. The first-order chi connectivity index (χ1) is 5.59. The molecule has 1 aromatic rings. The van der Waals surface area contributed by atoms with Crippen LogP contribution in [0.1, 0.15) is 11.3 Å². The molecule has 0 aliphatic rings. The van der Waals surface area contributed by atoms with Gasteiger partial charge in [-0.05, 0) is 18.6 Å². The molecule has 0 saturated heterocycles. The van der Waals surface area contributed by atoms with E-state index in [9.17, 15) is 4.79 Å². The minimum Gasteiger partial charge on any atom is -0.506 e. The van der Waals surface area contributed by atoms with Crippen LogP contribution in [0.15, 0.2) is 12.3 Å². The Balaban J connectivity index is 2.89. The van der Waals surface area contributed by atoms with Gasteiger partial charge in [0.1, 0.15) is 5.75 Å². The molecule has 0 aliphatic heterocycles. The van der Waals surface area contributed by atoms with Gasteiger partial charge in [-0.25, -0.2) is 0 Å². The lowest BCUT2D eigenvalue weighted by molar-refractivity contribution is -0.136. The largest absolute Gasteiger partial charge is 0.506 e. The highest BCUT2D eigenvalue weighted by Crippen LogP contribution is 2.14. The van der Waals surface area contributed by atoms with Crippen LogP contribution in [-0.4, -0.2) is 21.2 Å². The maximum absolute atomic E-state index is 10.3. The lowest BCUT2D eigenvalue weighted by Crippen LogP contribution is -2.02. The standard InChI is InChI=1S/C8H9NO3/c1-5-2-6(3-8(11)12)9-4-7(5)10/h2,4,10H,3H2,1H3,(H,11,12). The Morgan fingerprint density at radius 3 is 2.83 bits per heavy atom. The van der Waals surface area contributed by atoms with E-state index in [-0.39, 0.29) is 12.2 Å². The average Bonchev–Trinajstić information content (AvgIpc) is 1.96. The van der Waals surface area contributed by atoms with Crippen LogP contribution in [0.5, 0.6) is 5.75 Å². The van der Waals surface area contributed by atoms with E-state index in [1.165, 1.54) is 6.20 Å². The summed E-state index contributed by atoms with van der Waals surface area (Å²) in [6.07, 6.45) is 1.15. The number of nitrogens with zero attached hydrogens (tertiary/aromatic N) is 1. The van der Waals surface area contributed by atoms with Crippen molar-refractivity contribution < 1.29 is 15.0 Å². The topological polar surface area (TPSA) is 70.4 Å². The second-order valence-electron chi connectivity index (χ2n) is 2.53. The van der Waals surface area contributed by atoms with E-state index in [0.29, 0.717) is 11.3 Å². The smallest absolute Gasteiger partial charge is 0.309 e. The number of pyridine rings is 1. The Kier molecular flexibility index (Phi) is 2.28. The number of hydrogen-bond acceptors (Lipinski definition) is 3. The molecule has 0 radical (unpaired) electrons. The highest BCUT2D eigenvalue weighted by Gasteiger charge is 2.03. The molecular weight excluding hydrogens is 158 g/mol. The first kappa shape index (κ1) is 8.52. The van der Waals surface area contributed by atoms with Crippen LogP contribution in [-0.2, 0) is 11.2 Å². The van der Waals surface area contributed by atoms with E-state index in [2.05, 4.69) is 4.98 Å². The molecule has 1 heterocycles. The summed E-state index contributed by atoms with van der Waals surface area (Å²) in [5.74, 6) is -0.836. The van der Waals surface area contributed by atoms with Crippen LogP contribution >= 0.6 is 0 Å². The fourth-order valence-electron chi connectivity index (χ4n) is 0.859. The van der Waals surface area contributed by atoms with Crippen molar-refractivity contribution in [1.29, 1.82) is 0 Å². The molecule has 4 nitrogen and oxygen atoms in total. The number of aromatic nitrogens is 1. The quantitative estimate of drug-likeness (QED) is 0.681. The number of aliphatic carboxylic acids is 1. The summed E-state index contributed by atoms with van der Waals surface area (Å²) in [6.45, 7) is 1.70. The van der Waals surface area contributed by atoms with E-state index < -0.39 is 5.97 Å². The lowest BCUT2D eigenvalue weighted by atomic mass is 10.2. The normalized spacial score (nSPS) is 9.75. The third-order valence-electron chi connectivity index (χ3n) is 1.47. The number of carboxylic acids is 1. The van der Waals surface area contributed by atoms with Gasteiger partial charge in [-0.15, -0.1) is 0 Å². The van der Waals surface area contributed by atoms with E-state index >= 15 is 0 Å². The van der Waals surface area contributed by atoms with Crippen LogP contribution < -0.4 is 0 Å². The van der Waals surface area contributed by atoms with Crippen LogP contribution in [0, 0.1) is 6.92 Å². The molecule has 2 N–H and O–H groups in total. The molecule has 0 saturated carbocycles. The van der Waals surface area contributed by atoms with Gasteiger partial charge in [-0.2, -0.15) is 0 Å². The van der Waals surface area contributed by atoms with Crippen molar-refractivity contribution in [3.63, 3.8) is 0 Å². The number of aryl methyl sites for hydroxylation is 1. The molecule has 0 bridgehead atoms. The highest BCUT2D eigenvalue weighted by molar-refractivity contribution is 5.69. The minimum atomic E-state index is -0.924. The van der Waals surface area contributed by atoms with Crippen molar-refractivity contribution in [3.05, 3.63) is 23.5 Å². The summed E-state index contributed by atoms with van der Waals surface area (Å²) in [6, 6.07) is 1.56. The van der Waals surface area contributed by atoms with Crippen LogP contribution in [0.2, 0.25) is 0 Å². The third-order valence-corrected chi connectivity index (χ3v) is 1.47. The second-order valence-corrected chi connectivity index (χ2v) is 2.53. The van der Waals surface area contributed by atoms with Gasteiger partial charge in [0, 0.05) is 0 Å². The zero-order valence-electron chi connectivity index (χ0n) is 6.61.